The summed E-state index contributed by atoms with van der Waals surface area (Å²) in [4.78, 5) is 34.8. The van der Waals surface area contributed by atoms with Crippen molar-refractivity contribution < 1.29 is 23.9 Å². The summed E-state index contributed by atoms with van der Waals surface area (Å²) in [5.41, 5.74) is 0.637. The summed E-state index contributed by atoms with van der Waals surface area (Å²) in [6, 6.07) is 12.7. The van der Waals surface area contributed by atoms with Gasteiger partial charge in [0.1, 0.15) is 5.82 Å². The maximum atomic E-state index is 13.5. The topological polar surface area (TPSA) is 95.5 Å². The minimum atomic E-state index is -1.04. The van der Waals surface area contributed by atoms with E-state index in [1.165, 1.54) is 30.0 Å². The molecule has 0 aromatic heterocycles. The molecule has 2 rings (SSSR count). The lowest BCUT2D eigenvalue weighted by atomic mass is 10.2. The van der Waals surface area contributed by atoms with Gasteiger partial charge in [0.05, 0.1) is 17.9 Å². The summed E-state index contributed by atoms with van der Waals surface area (Å²) in [6.07, 6.45) is -0.353. The molecule has 0 heterocycles. The number of carbonyl (C=O) groups excluding carboxylic acids is 2. The van der Waals surface area contributed by atoms with Crippen molar-refractivity contribution in [3.63, 3.8) is 0 Å². The van der Waals surface area contributed by atoms with Crippen LogP contribution in [0.2, 0.25) is 0 Å². The van der Waals surface area contributed by atoms with Gasteiger partial charge in [-0.15, -0.1) is 11.8 Å². The molecule has 0 saturated heterocycles. The van der Waals surface area contributed by atoms with Crippen molar-refractivity contribution in [1.82, 2.24) is 0 Å². The van der Waals surface area contributed by atoms with E-state index in [0.717, 1.165) is 4.90 Å². The summed E-state index contributed by atoms with van der Waals surface area (Å²) in [6.45, 7) is 0. The van der Waals surface area contributed by atoms with Gasteiger partial charge >= 0.3 is 5.97 Å². The number of amides is 2. The van der Waals surface area contributed by atoms with Gasteiger partial charge in [-0.1, -0.05) is 18.2 Å². The van der Waals surface area contributed by atoms with Crippen LogP contribution in [0.25, 0.3) is 0 Å². The van der Waals surface area contributed by atoms with Crippen LogP contribution in [-0.4, -0.2) is 28.6 Å². The molecule has 0 atom stereocenters. The number of rotatable bonds is 8. The highest BCUT2D eigenvalue weighted by Crippen LogP contribution is 2.22. The number of para-hydroxylation sites is 1. The molecule has 0 aliphatic heterocycles. The molecule has 3 N–H and O–H groups in total. The van der Waals surface area contributed by atoms with Gasteiger partial charge in [0.15, 0.2) is 0 Å². The molecule has 0 bridgehead atoms. The van der Waals surface area contributed by atoms with Crippen LogP contribution in [0.3, 0.4) is 0 Å². The van der Waals surface area contributed by atoms with E-state index >= 15 is 0 Å². The highest BCUT2D eigenvalue weighted by Gasteiger charge is 2.09. The van der Waals surface area contributed by atoms with E-state index in [1.54, 1.807) is 30.3 Å². The Kier molecular flexibility index (Phi) is 7.16. The van der Waals surface area contributed by atoms with Crippen LogP contribution in [0.1, 0.15) is 12.8 Å². The summed E-state index contributed by atoms with van der Waals surface area (Å²) in [7, 11) is 0. The zero-order valence-electron chi connectivity index (χ0n) is 13.7. The Labute approximate surface area is 153 Å². The normalized spacial score (nSPS) is 10.2. The molecule has 6 nitrogen and oxygen atoms in total. The average Bonchev–Trinajstić information content (AvgIpc) is 2.60. The maximum absolute atomic E-state index is 13.5. The molecule has 0 aliphatic carbocycles. The zero-order chi connectivity index (χ0) is 18.9. The zero-order valence-corrected chi connectivity index (χ0v) is 14.5. The van der Waals surface area contributed by atoms with Crippen molar-refractivity contribution >= 4 is 40.9 Å². The SMILES string of the molecule is O=C(O)CCC(=O)Nc1cccc(SCC(=O)Nc2ccccc2F)c1. The van der Waals surface area contributed by atoms with Gasteiger partial charge in [-0.2, -0.15) is 0 Å². The van der Waals surface area contributed by atoms with E-state index in [2.05, 4.69) is 10.6 Å². The predicted molar refractivity (Wildman–Crippen MR) is 97.7 cm³/mol. The third-order valence-electron chi connectivity index (χ3n) is 3.20. The third kappa shape index (κ3) is 6.56. The minimum Gasteiger partial charge on any atom is -0.481 e. The summed E-state index contributed by atoms with van der Waals surface area (Å²) < 4.78 is 13.5. The number of benzene rings is 2. The predicted octanol–water partition coefficient (Wildman–Crippen LogP) is 3.36. The van der Waals surface area contributed by atoms with Gasteiger partial charge in [-0.3, -0.25) is 14.4 Å². The minimum absolute atomic E-state index is 0.0742. The van der Waals surface area contributed by atoms with E-state index in [4.69, 9.17) is 5.11 Å². The molecule has 2 aromatic rings. The number of carboxylic acid groups (broad SMARTS) is 1. The van der Waals surface area contributed by atoms with Crippen LogP contribution < -0.4 is 10.6 Å². The second-order valence-corrected chi connectivity index (χ2v) is 6.34. The molecular formula is C18H17FN2O4S. The maximum Gasteiger partial charge on any atom is 0.303 e. The van der Waals surface area contributed by atoms with Crippen LogP contribution in [0.4, 0.5) is 15.8 Å². The smallest absolute Gasteiger partial charge is 0.303 e. The van der Waals surface area contributed by atoms with Crippen LogP contribution in [0, 0.1) is 5.82 Å². The first-order valence-corrected chi connectivity index (χ1v) is 8.71. The number of nitrogens with one attached hydrogen (secondary N) is 2. The molecule has 8 heteroatoms. The van der Waals surface area contributed by atoms with Gasteiger partial charge in [0, 0.05) is 17.0 Å². The Morgan fingerprint density at radius 3 is 2.46 bits per heavy atom. The molecule has 0 aliphatic rings. The largest absolute Gasteiger partial charge is 0.481 e. The van der Waals surface area contributed by atoms with E-state index in [-0.39, 0.29) is 30.2 Å². The van der Waals surface area contributed by atoms with Crippen LogP contribution >= 0.6 is 11.8 Å². The van der Waals surface area contributed by atoms with Crippen molar-refractivity contribution in [2.75, 3.05) is 16.4 Å². The first-order chi connectivity index (χ1) is 12.4. The number of hydrogen-bond acceptors (Lipinski definition) is 4. The average molecular weight is 376 g/mol. The van der Waals surface area contributed by atoms with E-state index in [1.807, 2.05) is 0 Å². The number of halogens is 1. The van der Waals surface area contributed by atoms with Crippen molar-refractivity contribution in [1.29, 1.82) is 0 Å². The molecule has 2 aromatic carbocycles. The van der Waals surface area contributed by atoms with Crippen LogP contribution in [0.15, 0.2) is 53.4 Å². The molecule has 0 radical (unpaired) electrons. The molecule has 0 spiro atoms. The molecule has 26 heavy (non-hydrogen) atoms. The molecular weight excluding hydrogens is 359 g/mol. The van der Waals surface area contributed by atoms with Crippen LogP contribution in [-0.2, 0) is 14.4 Å². The fourth-order valence-corrected chi connectivity index (χ4v) is 2.76. The standard InChI is InChI=1S/C18H17FN2O4S/c19-14-6-1-2-7-15(14)21-17(23)11-26-13-5-3-4-12(10-13)20-16(22)8-9-18(24)25/h1-7,10H,8-9,11H2,(H,20,22)(H,21,23)(H,24,25). The molecule has 136 valence electrons. The number of carbonyl (C=O) groups is 3. The third-order valence-corrected chi connectivity index (χ3v) is 4.20. The summed E-state index contributed by atoms with van der Waals surface area (Å²) >= 11 is 1.23. The van der Waals surface area contributed by atoms with Crippen molar-refractivity contribution in [2.24, 2.45) is 0 Å². The fraction of sp³-hybridized carbons (Fsp3) is 0.167. The number of thioether (sulfide) groups is 1. The number of aliphatic carboxylic acids is 1. The van der Waals surface area contributed by atoms with Gasteiger partial charge < -0.3 is 15.7 Å². The van der Waals surface area contributed by atoms with Crippen molar-refractivity contribution in [2.45, 2.75) is 17.7 Å². The number of anilines is 2. The van der Waals surface area contributed by atoms with Gasteiger partial charge in [0.25, 0.3) is 0 Å². The Morgan fingerprint density at radius 2 is 1.73 bits per heavy atom. The molecule has 0 fully saturated rings. The van der Waals surface area contributed by atoms with Crippen molar-refractivity contribution in [3.8, 4) is 0 Å². The number of carboxylic acids is 1. The van der Waals surface area contributed by atoms with Crippen LogP contribution in [0.5, 0.6) is 0 Å². The number of hydrogen-bond donors (Lipinski definition) is 3. The lowest BCUT2D eigenvalue weighted by Crippen LogP contribution is -2.15. The van der Waals surface area contributed by atoms with E-state index in [0.29, 0.717) is 5.69 Å². The molecule has 0 unspecified atom stereocenters. The lowest BCUT2D eigenvalue weighted by molar-refractivity contribution is -0.138. The van der Waals surface area contributed by atoms with Gasteiger partial charge in [-0.05, 0) is 30.3 Å². The van der Waals surface area contributed by atoms with E-state index < -0.39 is 17.7 Å². The second-order valence-electron chi connectivity index (χ2n) is 5.29. The first kappa shape index (κ1) is 19.5. The molecule has 0 saturated carbocycles. The monoisotopic (exact) mass is 376 g/mol. The molecule has 2 amide bonds. The van der Waals surface area contributed by atoms with Crippen molar-refractivity contribution in [3.05, 3.63) is 54.3 Å². The summed E-state index contributed by atoms with van der Waals surface area (Å²) in [5.74, 6) is -2.21. The van der Waals surface area contributed by atoms with Gasteiger partial charge in [-0.25, -0.2) is 4.39 Å². The Bertz CT molecular complexity index is 813. The Morgan fingerprint density at radius 1 is 0.962 bits per heavy atom. The highest BCUT2D eigenvalue weighted by molar-refractivity contribution is 8.00. The second kappa shape index (κ2) is 9.57. The first-order valence-electron chi connectivity index (χ1n) is 7.73. The lowest BCUT2D eigenvalue weighted by Gasteiger charge is -2.08. The Balaban J connectivity index is 1.86. The van der Waals surface area contributed by atoms with E-state index in [9.17, 15) is 18.8 Å². The highest BCUT2D eigenvalue weighted by atomic mass is 32.2. The Hall–Kier alpha value is -2.87. The van der Waals surface area contributed by atoms with Gasteiger partial charge in [0.2, 0.25) is 11.8 Å². The fourth-order valence-electron chi connectivity index (χ4n) is 2.01. The summed E-state index contributed by atoms with van der Waals surface area (Å²) in [5, 5.41) is 13.7. The quantitative estimate of drug-likeness (QED) is 0.614.